The summed E-state index contributed by atoms with van der Waals surface area (Å²) in [6, 6.07) is 7.97. The van der Waals surface area contributed by atoms with Crippen LogP contribution in [0.3, 0.4) is 0 Å². The molecule has 4 N–H and O–H groups in total. The topological polar surface area (TPSA) is 110 Å². The Labute approximate surface area is 133 Å². The Morgan fingerprint density at radius 2 is 2.00 bits per heavy atom. The predicted octanol–water partition coefficient (Wildman–Crippen LogP) is 1.51. The molecule has 0 saturated carbocycles. The summed E-state index contributed by atoms with van der Waals surface area (Å²) in [5.41, 5.74) is 7.13. The van der Waals surface area contributed by atoms with Crippen LogP contribution in [0.25, 0.3) is 11.2 Å². The number of nitrogens with two attached hydrogens (primary N) is 1. The fourth-order valence-electron chi connectivity index (χ4n) is 1.82. The zero-order valence-electron chi connectivity index (χ0n) is 10.8. The highest BCUT2D eigenvalue weighted by Crippen LogP contribution is 2.12. The molecule has 0 aliphatic heterocycles. The van der Waals surface area contributed by atoms with Crippen molar-refractivity contribution in [3.8, 4) is 0 Å². The summed E-state index contributed by atoms with van der Waals surface area (Å²) in [6.07, 6.45) is 1.58. The highest BCUT2D eigenvalue weighted by molar-refractivity contribution is 14.1. The number of H-pyrrole nitrogens is 1. The van der Waals surface area contributed by atoms with Crippen molar-refractivity contribution in [3.63, 3.8) is 0 Å². The molecule has 0 spiro atoms. The number of benzene rings is 1. The number of hydrogen-bond acceptors (Lipinski definition) is 6. The van der Waals surface area contributed by atoms with E-state index in [0.717, 1.165) is 5.69 Å². The minimum atomic E-state index is -0.388. The zero-order valence-corrected chi connectivity index (χ0v) is 13.0. The van der Waals surface area contributed by atoms with Gasteiger partial charge < -0.3 is 11.1 Å². The van der Waals surface area contributed by atoms with E-state index in [1.165, 1.54) is 3.57 Å². The van der Waals surface area contributed by atoms with Crippen LogP contribution in [0.1, 0.15) is 5.69 Å². The number of aromatic nitrogens is 4. The van der Waals surface area contributed by atoms with Crippen LogP contribution >= 0.6 is 22.6 Å². The van der Waals surface area contributed by atoms with E-state index >= 15 is 0 Å². The molecule has 0 radical (unpaired) electrons. The highest BCUT2D eigenvalue weighted by Gasteiger charge is 2.06. The first-order chi connectivity index (χ1) is 10.1. The van der Waals surface area contributed by atoms with Crippen molar-refractivity contribution in [2.75, 3.05) is 11.1 Å². The second kappa shape index (κ2) is 5.64. The smallest absolute Gasteiger partial charge is 0.280 e. The molecule has 0 aliphatic carbocycles. The molecule has 3 aromatic rings. The lowest BCUT2D eigenvalue weighted by molar-refractivity contribution is 1.02. The normalized spacial score (nSPS) is 10.7. The maximum atomic E-state index is 11.8. The Balaban J connectivity index is 1.84. The first-order valence-corrected chi connectivity index (χ1v) is 7.20. The van der Waals surface area contributed by atoms with Gasteiger partial charge in [0.2, 0.25) is 5.95 Å². The van der Waals surface area contributed by atoms with Gasteiger partial charge in [0.1, 0.15) is 0 Å². The fraction of sp³-hybridized carbons (Fsp3) is 0.0769. The maximum absolute atomic E-state index is 11.8. The van der Waals surface area contributed by atoms with Gasteiger partial charge in [0.25, 0.3) is 5.56 Å². The van der Waals surface area contributed by atoms with Crippen LogP contribution in [0.2, 0.25) is 0 Å². The molecule has 0 aliphatic rings. The number of halogens is 1. The molecule has 1 aromatic carbocycles. The lowest BCUT2D eigenvalue weighted by Gasteiger charge is -2.06. The molecule has 0 amide bonds. The van der Waals surface area contributed by atoms with Gasteiger partial charge in [-0.2, -0.15) is 4.98 Å². The first kappa shape index (κ1) is 13.7. The fourth-order valence-corrected chi connectivity index (χ4v) is 2.18. The predicted molar refractivity (Wildman–Crippen MR) is 88.9 cm³/mol. The van der Waals surface area contributed by atoms with Crippen LogP contribution < -0.4 is 16.6 Å². The molecule has 2 aromatic heterocycles. The van der Waals surface area contributed by atoms with E-state index in [-0.39, 0.29) is 22.7 Å². The summed E-state index contributed by atoms with van der Waals surface area (Å²) >= 11 is 2.25. The third-order valence-electron chi connectivity index (χ3n) is 2.80. The van der Waals surface area contributed by atoms with Crippen molar-refractivity contribution >= 4 is 45.4 Å². The lowest BCUT2D eigenvalue weighted by Crippen LogP contribution is -2.15. The average molecular weight is 394 g/mol. The molecular weight excluding hydrogens is 383 g/mol. The summed E-state index contributed by atoms with van der Waals surface area (Å²) < 4.78 is 1.17. The molecule has 0 saturated heterocycles. The Kier molecular flexibility index (Phi) is 3.69. The minimum absolute atomic E-state index is 0.0339. The van der Waals surface area contributed by atoms with Crippen molar-refractivity contribution in [1.82, 2.24) is 19.9 Å². The van der Waals surface area contributed by atoms with E-state index < -0.39 is 0 Å². The Morgan fingerprint density at radius 3 is 2.76 bits per heavy atom. The SMILES string of the molecule is Nc1nc2ncc(CNc3ccc(I)cc3)nc2c(=O)[nH]1. The number of nitrogen functional groups attached to an aromatic ring is 1. The monoisotopic (exact) mass is 394 g/mol. The summed E-state index contributed by atoms with van der Waals surface area (Å²) in [5, 5.41) is 3.22. The molecule has 0 fully saturated rings. The second-order valence-electron chi connectivity index (χ2n) is 4.35. The first-order valence-electron chi connectivity index (χ1n) is 6.13. The molecule has 106 valence electrons. The van der Waals surface area contributed by atoms with Gasteiger partial charge in [-0.1, -0.05) is 0 Å². The van der Waals surface area contributed by atoms with E-state index in [9.17, 15) is 4.79 Å². The number of fused-ring (bicyclic) bond motifs is 1. The van der Waals surface area contributed by atoms with E-state index in [0.29, 0.717) is 12.2 Å². The van der Waals surface area contributed by atoms with Crippen LogP contribution in [-0.2, 0) is 6.54 Å². The molecular formula is C13H11IN6O. The van der Waals surface area contributed by atoms with Gasteiger partial charge in [-0.05, 0) is 46.9 Å². The largest absolute Gasteiger partial charge is 0.379 e. The van der Waals surface area contributed by atoms with Crippen LogP contribution in [0.15, 0.2) is 35.3 Å². The number of nitrogens with zero attached hydrogens (tertiary/aromatic N) is 3. The van der Waals surface area contributed by atoms with Gasteiger partial charge in [-0.15, -0.1) is 0 Å². The summed E-state index contributed by atoms with van der Waals surface area (Å²) in [6.45, 7) is 0.466. The number of aromatic amines is 1. The van der Waals surface area contributed by atoms with Crippen LogP contribution in [0, 0.1) is 3.57 Å². The molecule has 21 heavy (non-hydrogen) atoms. The standard InChI is InChI=1S/C13H11IN6O/c14-7-1-3-8(4-2-7)16-5-9-6-17-11-10(18-9)12(21)20-13(15)19-11/h1-4,6,16H,5H2,(H3,15,17,19,20,21). The Morgan fingerprint density at radius 1 is 1.24 bits per heavy atom. The molecule has 0 atom stereocenters. The van der Waals surface area contributed by atoms with Gasteiger partial charge >= 0.3 is 0 Å². The molecule has 2 heterocycles. The third kappa shape index (κ3) is 3.10. The number of nitrogens with one attached hydrogen (secondary N) is 2. The van der Waals surface area contributed by atoms with Crippen molar-refractivity contribution < 1.29 is 0 Å². The van der Waals surface area contributed by atoms with Crippen molar-refractivity contribution in [1.29, 1.82) is 0 Å². The van der Waals surface area contributed by atoms with Crippen LogP contribution in [0.5, 0.6) is 0 Å². The second-order valence-corrected chi connectivity index (χ2v) is 5.59. The van der Waals surface area contributed by atoms with Gasteiger partial charge in [-0.25, -0.2) is 9.97 Å². The van der Waals surface area contributed by atoms with E-state index in [4.69, 9.17) is 5.73 Å². The van der Waals surface area contributed by atoms with Crippen molar-refractivity contribution in [3.05, 3.63) is 50.1 Å². The van der Waals surface area contributed by atoms with Crippen LogP contribution in [-0.4, -0.2) is 19.9 Å². The minimum Gasteiger partial charge on any atom is -0.379 e. The lowest BCUT2D eigenvalue weighted by atomic mass is 10.3. The number of anilines is 2. The Bertz CT molecular complexity index is 845. The van der Waals surface area contributed by atoms with Crippen LogP contribution in [0.4, 0.5) is 11.6 Å². The van der Waals surface area contributed by atoms with Gasteiger partial charge in [0.15, 0.2) is 11.2 Å². The maximum Gasteiger partial charge on any atom is 0.280 e. The summed E-state index contributed by atoms with van der Waals surface area (Å²) in [7, 11) is 0. The van der Waals surface area contributed by atoms with Gasteiger partial charge in [-0.3, -0.25) is 9.78 Å². The van der Waals surface area contributed by atoms with Crippen molar-refractivity contribution in [2.24, 2.45) is 0 Å². The molecule has 7 nitrogen and oxygen atoms in total. The zero-order chi connectivity index (χ0) is 14.8. The molecule has 8 heteroatoms. The highest BCUT2D eigenvalue weighted by atomic mass is 127. The van der Waals surface area contributed by atoms with E-state index in [2.05, 4.69) is 47.8 Å². The molecule has 0 bridgehead atoms. The summed E-state index contributed by atoms with van der Waals surface area (Å²) in [4.78, 5) is 26.5. The molecule has 3 rings (SSSR count). The van der Waals surface area contributed by atoms with Gasteiger partial charge in [0, 0.05) is 9.26 Å². The number of hydrogen-bond donors (Lipinski definition) is 3. The third-order valence-corrected chi connectivity index (χ3v) is 3.52. The summed E-state index contributed by atoms with van der Waals surface area (Å²) in [5.74, 6) is 0.0339. The van der Waals surface area contributed by atoms with Crippen molar-refractivity contribution in [2.45, 2.75) is 6.54 Å². The van der Waals surface area contributed by atoms with E-state index in [1.807, 2.05) is 24.3 Å². The Hall–Kier alpha value is -2.23. The van der Waals surface area contributed by atoms with Gasteiger partial charge in [0.05, 0.1) is 18.4 Å². The average Bonchev–Trinajstić information content (AvgIpc) is 2.47. The quantitative estimate of drug-likeness (QED) is 0.581. The number of rotatable bonds is 3. The molecule has 0 unspecified atom stereocenters. The van der Waals surface area contributed by atoms with E-state index in [1.54, 1.807) is 6.20 Å².